The van der Waals surface area contributed by atoms with Gasteiger partial charge in [-0.15, -0.1) is 0 Å². The van der Waals surface area contributed by atoms with Crippen LogP contribution in [0.3, 0.4) is 0 Å². The molecule has 1 unspecified atom stereocenters. The molecule has 2 saturated heterocycles. The second-order valence-corrected chi connectivity index (χ2v) is 9.76. The van der Waals surface area contributed by atoms with Crippen LogP contribution >= 0.6 is 0 Å². The Morgan fingerprint density at radius 3 is 2.68 bits per heavy atom. The fraction of sp³-hybridized carbons (Fsp3) is 0.615. The lowest BCUT2D eigenvalue weighted by Crippen LogP contribution is -2.41. The van der Waals surface area contributed by atoms with Crippen molar-refractivity contribution in [2.24, 2.45) is 11.8 Å². The van der Waals surface area contributed by atoms with Crippen LogP contribution in [-0.4, -0.2) is 66.6 Å². The van der Waals surface area contributed by atoms with Gasteiger partial charge in [0.2, 0.25) is 0 Å². The fourth-order valence-corrected chi connectivity index (χ4v) is 5.58. The number of carbonyl (C=O) groups excluding carboxylic acids is 1. The number of amides is 1. The van der Waals surface area contributed by atoms with E-state index in [1.165, 1.54) is 24.9 Å². The molecular formula is C26H35N3O2. The van der Waals surface area contributed by atoms with Gasteiger partial charge in [-0.1, -0.05) is 25.1 Å². The third-order valence-electron chi connectivity index (χ3n) is 7.58. The Bertz CT molecular complexity index is 930. The molecule has 1 aromatic heterocycles. The molecule has 0 radical (unpaired) electrons. The summed E-state index contributed by atoms with van der Waals surface area (Å²) in [6.45, 7) is 9.10. The van der Waals surface area contributed by atoms with Crippen molar-refractivity contribution >= 4 is 16.8 Å². The van der Waals surface area contributed by atoms with E-state index in [9.17, 15) is 4.79 Å². The average Bonchev–Trinajstić information content (AvgIpc) is 2.82. The van der Waals surface area contributed by atoms with Crippen molar-refractivity contribution in [3.63, 3.8) is 0 Å². The molecular weight excluding hydrogens is 386 g/mol. The van der Waals surface area contributed by atoms with Gasteiger partial charge in [0.1, 0.15) is 0 Å². The Morgan fingerprint density at radius 1 is 1.10 bits per heavy atom. The van der Waals surface area contributed by atoms with Crippen LogP contribution in [-0.2, 0) is 17.6 Å². The minimum absolute atomic E-state index is 0.232. The maximum absolute atomic E-state index is 13.8. The van der Waals surface area contributed by atoms with Gasteiger partial charge in [-0.2, -0.15) is 0 Å². The van der Waals surface area contributed by atoms with Crippen molar-refractivity contribution in [1.29, 1.82) is 0 Å². The molecule has 0 bridgehead atoms. The molecule has 0 spiro atoms. The van der Waals surface area contributed by atoms with Crippen molar-refractivity contribution in [3.8, 4) is 0 Å². The molecule has 5 rings (SSSR count). The Kier molecular flexibility index (Phi) is 6.24. The number of hydrogen-bond donors (Lipinski definition) is 0. The van der Waals surface area contributed by atoms with Crippen molar-refractivity contribution in [1.82, 2.24) is 14.8 Å². The van der Waals surface area contributed by atoms with E-state index in [0.717, 1.165) is 93.2 Å². The van der Waals surface area contributed by atoms with Gasteiger partial charge in [0.15, 0.2) is 0 Å². The SMILES string of the molecule is CC1CCc2nc3ccccc3c(C(=O)N3CCC(CCN4CCOCC4)CC3)c2C1. The zero-order chi connectivity index (χ0) is 21.2. The van der Waals surface area contributed by atoms with E-state index in [0.29, 0.717) is 5.92 Å². The first-order chi connectivity index (χ1) is 15.2. The molecule has 5 nitrogen and oxygen atoms in total. The third-order valence-corrected chi connectivity index (χ3v) is 7.58. The monoisotopic (exact) mass is 421 g/mol. The molecule has 3 aliphatic rings. The summed E-state index contributed by atoms with van der Waals surface area (Å²) >= 11 is 0. The normalized spacial score (nSPS) is 23.1. The van der Waals surface area contributed by atoms with Crippen LogP contribution in [0.15, 0.2) is 24.3 Å². The van der Waals surface area contributed by atoms with Crippen molar-refractivity contribution in [2.75, 3.05) is 45.9 Å². The summed E-state index contributed by atoms with van der Waals surface area (Å²) in [6.07, 6.45) is 6.62. The average molecular weight is 422 g/mol. The summed E-state index contributed by atoms with van der Waals surface area (Å²) in [4.78, 5) is 23.4. The number of benzene rings is 1. The number of likely N-dealkylation sites (tertiary alicyclic amines) is 1. The number of para-hydroxylation sites is 1. The minimum Gasteiger partial charge on any atom is -0.379 e. The summed E-state index contributed by atoms with van der Waals surface area (Å²) in [6, 6.07) is 8.21. The molecule has 166 valence electrons. The van der Waals surface area contributed by atoms with Crippen LogP contribution in [0.1, 0.15) is 54.2 Å². The maximum Gasteiger partial charge on any atom is 0.254 e. The highest BCUT2D eigenvalue weighted by molar-refractivity contribution is 6.07. The van der Waals surface area contributed by atoms with Crippen LogP contribution in [0, 0.1) is 11.8 Å². The number of fused-ring (bicyclic) bond motifs is 2. The third kappa shape index (κ3) is 4.49. The number of carbonyl (C=O) groups is 1. The molecule has 3 heterocycles. The van der Waals surface area contributed by atoms with Gasteiger partial charge in [0, 0.05) is 37.3 Å². The lowest BCUT2D eigenvalue weighted by atomic mass is 9.83. The molecule has 31 heavy (non-hydrogen) atoms. The zero-order valence-corrected chi connectivity index (χ0v) is 18.8. The summed E-state index contributed by atoms with van der Waals surface area (Å²) in [5, 5.41) is 1.04. The number of piperidine rings is 1. The molecule has 2 aromatic rings. The molecule has 1 amide bonds. The van der Waals surface area contributed by atoms with Gasteiger partial charge < -0.3 is 9.64 Å². The van der Waals surface area contributed by atoms with E-state index >= 15 is 0 Å². The van der Waals surface area contributed by atoms with Gasteiger partial charge in [0.25, 0.3) is 5.91 Å². The van der Waals surface area contributed by atoms with Crippen LogP contribution < -0.4 is 0 Å². The molecule has 1 aromatic carbocycles. The van der Waals surface area contributed by atoms with E-state index < -0.39 is 0 Å². The Hall–Kier alpha value is -1.98. The smallest absolute Gasteiger partial charge is 0.254 e. The quantitative estimate of drug-likeness (QED) is 0.750. The lowest BCUT2D eigenvalue weighted by Gasteiger charge is -2.35. The zero-order valence-electron chi connectivity index (χ0n) is 18.8. The Labute approximate surface area is 185 Å². The van der Waals surface area contributed by atoms with Gasteiger partial charge in [-0.05, 0) is 68.5 Å². The highest BCUT2D eigenvalue weighted by Gasteiger charge is 2.30. The van der Waals surface area contributed by atoms with Gasteiger partial charge in [-0.3, -0.25) is 14.7 Å². The van der Waals surface area contributed by atoms with E-state index in [1.807, 2.05) is 12.1 Å². The van der Waals surface area contributed by atoms with Crippen molar-refractivity contribution < 1.29 is 9.53 Å². The first kappa shape index (κ1) is 20.9. The first-order valence-corrected chi connectivity index (χ1v) is 12.2. The molecule has 5 heteroatoms. The molecule has 1 atom stereocenters. The largest absolute Gasteiger partial charge is 0.379 e. The number of hydrogen-bond acceptors (Lipinski definition) is 4. The van der Waals surface area contributed by atoms with E-state index in [4.69, 9.17) is 9.72 Å². The summed E-state index contributed by atoms with van der Waals surface area (Å²) in [5.74, 6) is 1.58. The van der Waals surface area contributed by atoms with Crippen molar-refractivity contribution in [3.05, 3.63) is 41.1 Å². The first-order valence-electron chi connectivity index (χ1n) is 12.2. The minimum atomic E-state index is 0.232. The summed E-state index contributed by atoms with van der Waals surface area (Å²) in [5.41, 5.74) is 4.29. The predicted octanol–water partition coefficient (Wildman–Crippen LogP) is 3.93. The van der Waals surface area contributed by atoms with E-state index in [1.54, 1.807) is 0 Å². The summed E-state index contributed by atoms with van der Waals surface area (Å²) < 4.78 is 5.46. The van der Waals surface area contributed by atoms with E-state index in [2.05, 4.69) is 28.9 Å². The number of pyridine rings is 1. The van der Waals surface area contributed by atoms with Crippen LogP contribution in [0.5, 0.6) is 0 Å². The molecule has 0 saturated carbocycles. The predicted molar refractivity (Wildman–Crippen MR) is 123 cm³/mol. The standard InChI is InChI=1S/C26H35N3O2/c1-19-6-7-24-22(18-19)25(21-4-2-3-5-23(21)27-24)26(30)29-12-9-20(10-13-29)8-11-28-14-16-31-17-15-28/h2-5,19-20H,6-18H2,1H3. The summed E-state index contributed by atoms with van der Waals surface area (Å²) in [7, 11) is 0. The fourth-order valence-electron chi connectivity index (χ4n) is 5.58. The molecule has 2 aliphatic heterocycles. The highest BCUT2D eigenvalue weighted by atomic mass is 16.5. The lowest BCUT2D eigenvalue weighted by molar-refractivity contribution is 0.0332. The van der Waals surface area contributed by atoms with Gasteiger partial charge in [0.05, 0.1) is 24.3 Å². The number of aryl methyl sites for hydroxylation is 1. The Balaban J connectivity index is 1.30. The van der Waals surface area contributed by atoms with Gasteiger partial charge in [-0.25, -0.2) is 0 Å². The number of ether oxygens (including phenoxy) is 1. The number of aromatic nitrogens is 1. The molecule has 0 N–H and O–H groups in total. The number of nitrogens with zero attached hydrogens (tertiary/aromatic N) is 3. The van der Waals surface area contributed by atoms with Gasteiger partial charge >= 0.3 is 0 Å². The molecule has 1 aliphatic carbocycles. The van der Waals surface area contributed by atoms with Crippen LogP contribution in [0.25, 0.3) is 10.9 Å². The topological polar surface area (TPSA) is 45.7 Å². The number of morpholine rings is 1. The maximum atomic E-state index is 13.8. The van der Waals surface area contributed by atoms with Crippen molar-refractivity contribution in [2.45, 2.75) is 45.4 Å². The number of rotatable bonds is 4. The van der Waals surface area contributed by atoms with E-state index in [-0.39, 0.29) is 5.91 Å². The van der Waals surface area contributed by atoms with Crippen LogP contribution in [0.2, 0.25) is 0 Å². The molecule has 2 fully saturated rings. The highest BCUT2D eigenvalue weighted by Crippen LogP contribution is 2.33. The second kappa shape index (κ2) is 9.25. The van der Waals surface area contributed by atoms with Crippen LogP contribution in [0.4, 0.5) is 0 Å². The second-order valence-electron chi connectivity index (χ2n) is 9.76. The Morgan fingerprint density at radius 2 is 1.87 bits per heavy atom.